The van der Waals surface area contributed by atoms with Crippen LogP contribution >= 0.6 is 0 Å². The van der Waals surface area contributed by atoms with Crippen molar-refractivity contribution in [1.29, 1.82) is 0 Å². The van der Waals surface area contributed by atoms with Crippen LogP contribution in [0.25, 0.3) is 0 Å². The van der Waals surface area contributed by atoms with Crippen LogP contribution in [0.3, 0.4) is 0 Å². The molecule has 0 aromatic carbocycles. The molecule has 0 amide bonds. The Hall–Kier alpha value is -1.19. The van der Waals surface area contributed by atoms with Crippen LogP contribution in [-0.2, 0) is 25.3 Å². The van der Waals surface area contributed by atoms with E-state index in [0.29, 0.717) is 33.0 Å². The van der Waals surface area contributed by atoms with E-state index in [1.54, 1.807) is 0 Å². The lowest BCUT2D eigenvalue weighted by Crippen LogP contribution is -2.29. The van der Waals surface area contributed by atoms with E-state index in [2.05, 4.69) is 17.6 Å². The minimum atomic E-state index is -1.88. The Morgan fingerprint density at radius 3 is 3.08 bits per heavy atom. The van der Waals surface area contributed by atoms with E-state index in [-0.39, 0.29) is 18.0 Å². The monoisotopic (exact) mass is 370 g/mol. The molecule has 0 radical (unpaired) electrons. The fraction of sp³-hybridized carbons (Fsp3) is 0.647. The largest absolute Gasteiger partial charge is 0.385 e. The highest BCUT2D eigenvalue weighted by Crippen LogP contribution is 2.35. The normalized spacial score (nSPS) is 27.1. The molecule has 0 bridgehead atoms. The molecule has 0 fully saturated rings. The third-order valence-electron chi connectivity index (χ3n) is 4.49. The van der Waals surface area contributed by atoms with Gasteiger partial charge in [-0.2, -0.15) is 0 Å². The molecule has 2 heterocycles. The average molecular weight is 370 g/mol. The maximum absolute atomic E-state index is 11.5. The van der Waals surface area contributed by atoms with Crippen molar-refractivity contribution in [3.8, 4) is 0 Å². The van der Waals surface area contributed by atoms with Crippen molar-refractivity contribution in [2.45, 2.75) is 25.0 Å². The van der Waals surface area contributed by atoms with Crippen LogP contribution in [0.4, 0.5) is 0 Å². The van der Waals surface area contributed by atoms with Crippen LogP contribution < -0.4 is 10.6 Å². The van der Waals surface area contributed by atoms with Crippen molar-refractivity contribution in [1.82, 2.24) is 10.6 Å². The van der Waals surface area contributed by atoms with Gasteiger partial charge in [-0.15, -0.1) is 0 Å². The van der Waals surface area contributed by atoms with Crippen molar-refractivity contribution >= 4 is 11.1 Å². The number of hydrogen-bond donors (Lipinski definition) is 3. The first-order valence-electron chi connectivity index (χ1n) is 8.67. The van der Waals surface area contributed by atoms with Crippen molar-refractivity contribution in [2.24, 2.45) is 5.92 Å². The molecule has 1 aliphatic carbocycles. The number of ether oxygens (including phenoxy) is 3. The number of nitrogens with one attached hydrogen (secondary N) is 2. The third kappa shape index (κ3) is 4.51. The first-order valence-corrected chi connectivity index (χ1v) is 9.84. The lowest BCUT2D eigenvalue weighted by molar-refractivity contribution is -0.0600. The standard InChI is InChI=1S/C17H26N2O5S/c1-2-5-22-11-24-8-12-7-18-16-9-23-10-19-15-4-3-13(25(20)21)6-14(15)17(12)16/h4,6,12-13,18-19H,2-3,5,7-11H2,1H3,(H,20,21). The molecule has 3 unspecified atom stereocenters. The van der Waals surface area contributed by atoms with Crippen molar-refractivity contribution in [3.05, 3.63) is 34.7 Å². The van der Waals surface area contributed by atoms with Crippen LogP contribution in [0.1, 0.15) is 19.8 Å². The van der Waals surface area contributed by atoms with Gasteiger partial charge in [0.2, 0.25) is 0 Å². The molecule has 7 nitrogen and oxygen atoms in total. The fourth-order valence-electron chi connectivity index (χ4n) is 3.31. The summed E-state index contributed by atoms with van der Waals surface area (Å²) in [5.74, 6) is 0.157. The highest BCUT2D eigenvalue weighted by Gasteiger charge is 2.33. The summed E-state index contributed by atoms with van der Waals surface area (Å²) in [6.07, 6.45) is 5.39. The van der Waals surface area contributed by atoms with E-state index in [9.17, 15) is 8.76 Å². The molecule has 0 aromatic rings. The maximum Gasteiger partial charge on any atom is 0.160 e. The van der Waals surface area contributed by atoms with Crippen molar-refractivity contribution < 1.29 is 23.0 Å². The van der Waals surface area contributed by atoms with Gasteiger partial charge in [-0.05, 0) is 18.4 Å². The molecule has 3 atom stereocenters. The summed E-state index contributed by atoms with van der Waals surface area (Å²) < 4.78 is 37.8. The second kappa shape index (κ2) is 8.95. The summed E-state index contributed by atoms with van der Waals surface area (Å²) in [4.78, 5) is 0. The molecule has 2 aliphatic heterocycles. The van der Waals surface area contributed by atoms with Gasteiger partial charge in [-0.1, -0.05) is 19.1 Å². The Balaban J connectivity index is 1.78. The Morgan fingerprint density at radius 1 is 1.40 bits per heavy atom. The molecule has 25 heavy (non-hydrogen) atoms. The van der Waals surface area contributed by atoms with Crippen molar-refractivity contribution in [2.75, 3.05) is 39.9 Å². The highest BCUT2D eigenvalue weighted by molar-refractivity contribution is 7.80. The molecule has 3 aliphatic rings. The zero-order valence-electron chi connectivity index (χ0n) is 14.5. The van der Waals surface area contributed by atoms with Gasteiger partial charge in [0.15, 0.2) is 11.1 Å². The topological polar surface area (TPSA) is 89.1 Å². The van der Waals surface area contributed by atoms with E-state index < -0.39 is 11.1 Å². The molecule has 3 rings (SSSR count). The first kappa shape index (κ1) is 18.6. The summed E-state index contributed by atoms with van der Waals surface area (Å²) in [6.45, 7) is 5.24. The van der Waals surface area contributed by atoms with Crippen LogP contribution in [-0.4, -0.2) is 53.9 Å². The average Bonchev–Trinajstić information content (AvgIpc) is 2.98. The molecule has 3 N–H and O–H groups in total. The number of hydrogen-bond acceptors (Lipinski definition) is 6. The zero-order valence-corrected chi connectivity index (χ0v) is 15.3. The van der Waals surface area contributed by atoms with Gasteiger partial charge in [0.05, 0.1) is 18.5 Å². The van der Waals surface area contributed by atoms with E-state index >= 15 is 0 Å². The minimum absolute atomic E-state index is 0.157. The third-order valence-corrected chi connectivity index (χ3v) is 5.33. The SMILES string of the molecule is CCCOCOCC1CNC2=C1C1=CC(S(=O)O)CC=C1NCOC2. The van der Waals surface area contributed by atoms with Crippen LogP contribution in [0, 0.1) is 5.92 Å². The molecule has 140 valence electrons. The lowest BCUT2D eigenvalue weighted by atomic mass is 9.88. The van der Waals surface area contributed by atoms with Crippen molar-refractivity contribution in [3.63, 3.8) is 0 Å². The van der Waals surface area contributed by atoms with Gasteiger partial charge < -0.3 is 29.4 Å². The lowest BCUT2D eigenvalue weighted by Gasteiger charge is -2.27. The maximum atomic E-state index is 11.5. The van der Waals surface area contributed by atoms with Gasteiger partial charge in [0.1, 0.15) is 13.5 Å². The molecule has 0 saturated carbocycles. The van der Waals surface area contributed by atoms with E-state index in [4.69, 9.17) is 14.2 Å². The second-order valence-electron chi connectivity index (χ2n) is 6.28. The predicted octanol–water partition coefficient (Wildman–Crippen LogP) is 1.24. The second-order valence-corrected chi connectivity index (χ2v) is 7.44. The Labute approximate surface area is 150 Å². The quantitative estimate of drug-likeness (QED) is 0.353. The smallest absolute Gasteiger partial charge is 0.160 e. The van der Waals surface area contributed by atoms with Gasteiger partial charge in [0.25, 0.3) is 0 Å². The zero-order chi connectivity index (χ0) is 17.6. The Morgan fingerprint density at radius 2 is 2.28 bits per heavy atom. The molecule has 0 aromatic heterocycles. The summed E-state index contributed by atoms with van der Waals surface area (Å²) in [6, 6.07) is 0. The number of allylic oxidation sites excluding steroid dienone is 2. The number of fused-ring (bicyclic) bond motifs is 2. The molecule has 0 saturated heterocycles. The molecular weight excluding hydrogens is 344 g/mol. The van der Waals surface area contributed by atoms with E-state index in [1.165, 1.54) is 0 Å². The first-order chi connectivity index (χ1) is 12.2. The van der Waals surface area contributed by atoms with E-state index in [1.807, 2.05) is 12.2 Å². The summed E-state index contributed by atoms with van der Waals surface area (Å²) in [5, 5.41) is 6.28. The highest BCUT2D eigenvalue weighted by atomic mass is 32.2. The fourth-order valence-corrected chi connectivity index (χ4v) is 3.82. The van der Waals surface area contributed by atoms with Gasteiger partial charge >= 0.3 is 0 Å². The van der Waals surface area contributed by atoms with Gasteiger partial charge in [-0.25, -0.2) is 4.21 Å². The minimum Gasteiger partial charge on any atom is -0.385 e. The summed E-state index contributed by atoms with van der Waals surface area (Å²) >= 11 is -1.88. The predicted molar refractivity (Wildman–Crippen MR) is 94.9 cm³/mol. The summed E-state index contributed by atoms with van der Waals surface area (Å²) in [5.41, 5.74) is 4.10. The Kier molecular flexibility index (Phi) is 6.66. The number of rotatable bonds is 7. The summed E-state index contributed by atoms with van der Waals surface area (Å²) in [7, 11) is 0. The molecular formula is C17H26N2O5S. The molecule has 0 spiro atoms. The Bertz CT molecular complexity index is 602. The van der Waals surface area contributed by atoms with Gasteiger partial charge in [-0.3, -0.25) is 0 Å². The van der Waals surface area contributed by atoms with Crippen LogP contribution in [0.5, 0.6) is 0 Å². The van der Waals surface area contributed by atoms with Gasteiger partial charge in [0, 0.05) is 36.0 Å². The van der Waals surface area contributed by atoms with Crippen LogP contribution in [0.2, 0.25) is 0 Å². The van der Waals surface area contributed by atoms with Crippen LogP contribution in [0.15, 0.2) is 34.7 Å². The molecule has 8 heteroatoms. The van der Waals surface area contributed by atoms with E-state index in [0.717, 1.165) is 35.5 Å².